The van der Waals surface area contributed by atoms with Crippen LogP contribution in [0.2, 0.25) is 0 Å². The van der Waals surface area contributed by atoms with Crippen LogP contribution in [0.5, 0.6) is 0 Å². The molecular weight excluding hydrogens is 1640 g/mol. The SMILES string of the molecule is CC(=O)/C=C\C(=O)OCC(C)(COC(=O)/C=C\C(=O)O)C(=O)OC(COC(=O)C(C)(COC(=O)/C=C\C(=O)O)COC(=O)/C=C\C(=O)O)C(OC(=O)C(C)(COC(=O)/C=C\C(=O)O)COC(=O)/C=C\C(=O)O)C(COC(=O)C(C)(COC(=O)/C=C\C(=O)O)COC(=O)/C=C\C(=O)O)OC(=O)C(C)(COC(=O)/C=C\C(=O)O)COC(=O)/C=C\C(=O)O. The van der Waals surface area contributed by atoms with E-state index in [2.05, 4.69) is 0 Å². The van der Waals surface area contributed by atoms with E-state index in [1.54, 1.807) is 0 Å². The summed E-state index contributed by atoms with van der Waals surface area (Å²) in [4.78, 5) is 321. The molecule has 0 saturated carbocycles. The number of ether oxygens (including phenoxy) is 15. The maximum atomic E-state index is 15.6. The number of ketones is 1. The van der Waals surface area contributed by atoms with Crippen molar-refractivity contribution in [3.05, 3.63) is 122 Å². The lowest BCUT2D eigenvalue weighted by molar-refractivity contribution is -0.215. The lowest BCUT2D eigenvalue weighted by atomic mass is 9.91. The third-order valence-electron chi connectivity index (χ3n) is 13.8. The molecular formula is C71H74O49. The Bertz CT molecular complexity index is 3840. The Kier molecular flexibility index (Phi) is 44.6. The number of carboxylic acids is 9. The molecule has 0 bridgehead atoms. The molecule has 49 heteroatoms. The van der Waals surface area contributed by atoms with Crippen molar-refractivity contribution in [1.82, 2.24) is 0 Å². The van der Waals surface area contributed by atoms with Gasteiger partial charge in [0, 0.05) is 115 Å². The van der Waals surface area contributed by atoms with Crippen LogP contribution in [0.25, 0.3) is 0 Å². The summed E-state index contributed by atoms with van der Waals surface area (Å²) in [7, 11) is 0. The van der Waals surface area contributed by atoms with Gasteiger partial charge in [-0.05, 0) is 47.6 Å². The fourth-order valence-corrected chi connectivity index (χ4v) is 7.29. The molecule has 0 rings (SSSR count). The van der Waals surface area contributed by atoms with E-state index in [1.807, 2.05) is 0 Å². The highest BCUT2D eigenvalue weighted by Crippen LogP contribution is 2.32. The fourth-order valence-electron chi connectivity index (χ4n) is 7.29. The summed E-state index contributed by atoms with van der Waals surface area (Å²) in [6, 6.07) is 0. The summed E-state index contributed by atoms with van der Waals surface area (Å²) >= 11 is 0. The second-order valence-electron chi connectivity index (χ2n) is 24.8. The maximum Gasteiger partial charge on any atom is 0.331 e. The summed E-state index contributed by atoms with van der Waals surface area (Å²) in [6.45, 7) is -15.4. The second kappa shape index (κ2) is 51.2. The molecule has 0 amide bonds. The number of carboxylic acid groups (broad SMARTS) is 9. The largest absolute Gasteiger partial charge is 0.478 e. The number of allylic oxidation sites excluding steroid dienone is 1. The maximum absolute atomic E-state index is 15.6. The topological polar surface area (TPSA) is 747 Å². The molecule has 49 nitrogen and oxygen atoms in total. The molecule has 652 valence electrons. The first kappa shape index (κ1) is 104. The number of hydrogen-bond donors (Lipinski definition) is 9. The van der Waals surface area contributed by atoms with Gasteiger partial charge in [0.2, 0.25) is 0 Å². The van der Waals surface area contributed by atoms with Gasteiger partial charge in [-0.2, -0.15) is 0 Å². The molecule has 0 aliphatic rings. The van der Waals surface area contributed by atoms with Gasteiger partial charge in [-0.3, -0.25) is 28.8 Å². The van der Waals surface area contributed by atoms with Crippen molar-refractivity contribution in [2.24, 2.45) is 27.1 Å². The van der Waals surface area contributed by atoms with Gasteiger partial charge in [0.15, 0.2) is 24.1 Å². The van der Waals surface area contributed by atoms with Crippen LogP contribution in [0.15, 0.2) is 122 Å². The van der Waals surface area contributed by atoms with Gasteiger partial charge in [0.1, 0.15) is 106 Å². The number of carbonyl (C=O) groups is 25. The average Bonchev–Trinajstić information content (AvgIpc) is 0.804. The molecule has 0 aromatic heterocycles. The highest BCUT2D eigenvalue weighted by Gasteiger charge is 2.52. The van der Waals surface area contributed by atoms with Gasteiger partial charge < -0.3 is 117 Å². The molecule has 4 unspecified atom stereocenters. The van der Waals surface area contributed by atoms with Crippen LogP contribution < -0.4 is 0 Å². The van der Waals surface area contributed by atoms with Crippen LogP contribution >= 0.6 is 0 Å². The monoisotopic (exact) mass is 1710 g/mol. The molecule has 0 radical (unpaired) electrons. The third kappa shape index (κ3) is 44.1. The molecule has 120 heavy (non-hydrogen) atoms. The van der Waals surface area contributed by atoms with Crippen LogP contribution in [0.4, 0.5) is 0 Å². The quantitative estimate of drug-likeness (QED) is 0.0169. The summed E-state index contributed by atoms with van der Waals surface area (Å²) in [6.07, 6.45) is -5.41. The van der Waals surface area contributed by atoms with Gasteiger partial charge in [-0.15, -0.1) is 0 Å². The third-order valence-corrected chi connectivity index (χ3v) is 13.8. The first-order valence-corrected chi connectivity index (χ1v) is 32.7. The van der Waals surface area contributed by atoms with Crippen molar-refractivity contribution < 1.29 is 237 Å². The Balaban J connectivity index is 10.7. The van der Waals surface area contributed by atoms with Crippen molar-refractivity contribution in [2.75, 3.05) is 79.3 Å². The molecule has 0 spiro atoms. The van der Waals surface area contributed by atoms with E-state index < -0.39 is 274 Å². The summed E-state index contributed by atoms with van der Waals surface area (Å²) in [5.41, 5.74) is -14.7. The van der Waals surface area contributed by atoms with Crippen LogP contribution in [0.3, 0.4) is 0 Å². The zero-order chi connectivity index (χ0) is 91.9. The van der Waals surface area contributed by atoms with E-state index in [0.717, 1.165) is 6.92 Å². The minimum absolute atomic E-state index is 0.143. The summed E-state index contributed by atoms with van der Waals surface area (Å²) in [5.74, 6) is -44.2. The number of carbonyl (C=O) groups excluding carboxylic acids is 16. The highest BCUT2D eigenvalue weighted by molar-refractivity contribution is 5.98. The molecule has 4 atom stereocenters. The smallest absolute Gasteiger partial charge is 0.331 e. The Morgan fingerprint density at radius 3 is 0.500 bits per heavy atom. The van der Waals surface area contributed by atoms with Crippen LogP contribution in [0.1, 0.15) is 41.5 Å². The van der Waals surface area contributed by atoms with Crippen LogP contribution in [-0.4, -0.2) is 293 Å². The molecule has 0 aromatic rings. The van der Waals surface area contributed by atoms with Crippen molar-refractivity contribution in [3.63, 3.8) is 0 Å². The molecule has 0 aliphatic carbocycles. The van der Waals surface area contributed by atoms with Gasteiger partial charge >= 0.3 is 143 Å². The van der Waals surface area contributed by atoms with E-state index >= 15 is 14.4 Å². The number of rotatable bonds is 54. The zero-order valence-electron chi connectivity index (χ0n) is 63.1. The van der Waals surface area contributed by atoms with Crippen molar-refractivity contribution in [2.45, 2.75) is 59.9 Å². The fraction of sp³-hybridized carbons (Fsp3) is 0.366. The van der Waals surface area contributed by atoms with Gasteiger partial charge in [-0.1, -0.05) is 0 Å². The van der Waals surface area contributed by atoms with E-state index in [-0.39, 0.29) is 109 Å². The normalized spacial score (nSPS) is 13.1. The standard InChI is InChI=1S/C71H74O49/c1-39(72)7-17-51(91)112-33-69(4,34-113-56(96)22-12-46(81)82)64(103)118-40(27-106-62(101)67(2,29-108-52(92)18-8-42(73)74)30-109-53(93)19-9-43(75)76)61(120-66(105)71(6,37-116-59(99)25-15-49(87)88)38-117-60(100)26-16-50(89)90)41(119-65(104)70(5,35-114-57(97)23-13-47(83)84)36-115-58(98)24-14-48(85)86)28-107-63(102)68(3,31-110-54(94)20-10-44(77)78)32-111-55(95)21-11-45(79)80/h7-26,40-41,61H,27-38H2,1-6H3,(H,73,74)(H,75,76)(H,77,78)(H,79,80)(H,81,82)(H,83,84)(H,85,86)(H,87,88)(H,89,90)/b17-7-,18-8-,19-9-,20-10-,21-11-,22-12-,23-13-,24-14-,25-15-,26-16-. The molecule has 9 N–H and O–H groups in total. The highest BCUT2D eigenvalue weighted by atomic mass is 16.7. The number of hydrogen-bond acceptors (Lipinski definition) is 40. The minimum Gasteiger partial charge on any atom is -0.478 e. The van der Waals surface area contributed by atoms with Crippen LogP contribution in [-0.2, 0) is 191 Å². The summed E-state index contributed by atoms with van der Waals surface area (Å²) < 4.78 is 79.1. The van der Waals surface area contributed by atoms with Crippen molar-refractivity contribution in [3.8, 4) is 0 Å². The first-order valence-electron chi connectivity index (χ1n) is 32.7. The molecule has 0 heterocycles. The van der Waals surface area contributed by atoms with Crippen LogP contribution in [0, 0.1) is 27.1 Å². The van der Waals surface area contributed by atoms with E-state index in [4.69, 9.17) is 71.1 Å². The lowest BCUT2D eigenvalue weighted by Gasteiger charge is -2.38. The van der Waals surface area contributed by atoms with Gasteiger partial charge in [0.05, 0.1) is 0 Å². The van der Waals surface area contributed by atoms with Gasteiger partial charge in [-0.25, -0.2) is 91.1 Å². The Morgan fingerprint density at radius 2 is 0.350 bits per heavy atom. The Labute approximate surface area is 671 Å². The molecule has 0 aromatic carbocycles. The van der Waals surface area contributed by atoms with Crippen molar-refractivity contribution >= 4 is 149 Å². The number of esters is 15. The predicted molar refractivity (Wildman–Crippen MR) is 372 cm³/mol. The predicted octanol–water partition coefficient (Wildman–Crippen LogP) is -2.82. The van der Waals surface area contributed by atoms with E-state index in [1.165, 1.54) is 0 Å². The molecule has 0 saturated heterocycles. The average molecular weight is 1710 g/mol. The first-order chi connectivity index (χ1) is 55.7. The van der Waals surface area contributed by atoms with Crippen molar-refractivity contribution in [1.29, 1.82) is 0 Å². The Hall–Kier alpha value is -15.7. The molecule has 0 aliphatic heterocycles. The van der Waals surface area contributed by atoms with E-state index in [9.17, 15) is 151 Å². The molecule has 0 fully saturated rings. The lowest BCUT2D eigenvalue weighted by Crippen LogP contribution is -2.55. The summed E-state index contributed by atoms with van der Waals surface area (Å²) in [5, 5.41) is 83.0. The Morgan fingerprint density at radius 1 is 0.208 bits per heavy atom. The second-order valence-corrected chi connectivity index (χ2v) is 24.8. The zero-order valence-corrected chi connectivity index (χ0v) is 63.1. The van der Waals surface area contributed by atoms with E-state index in [0.29, 0.717) is 46.8 Å². The van der Waals surface area contributed by atoms with Gasteiger partial charge in [0.25, 0.3) is 0 Å². The number of aliphatic carboxylic acids is 9. The minimum atomic E-state index is -3.36.